The zero-order valence-electron chi connectivity index (χ0n) is 17.9. The first kappa shape index (κ1) is 25.1. The monoisotopic (exact) mass is 503 g/mol. The van der Waals surface area contributed by atoms with Crippen LogP contribution < -0.4 is 16.3 Å². The summed E-state index contributed by atoms with van der Waals surface area (Å²) in [5.41, 5.74) is 6.54. The van der Waals surface area contributed by atoms with Crippen LogP contribution in [0.3, 0.4) is 0 Å². The third-order valence-corrected chi connectivity index (χ3v) is 5.14. The predicted molar refractivity (Wildman–Crippen MR) is 118 cm³/mol. The number of ether oxygens (including phenoxy) is 1. The van der Waals surface area contributed by atoms with Crippen molar-refractivity contribution in [3.05, 3.63) is 74.8 Å². The summed E-state index contributed by atoms with van der Waals surface area (Å²) >= 11 is 5.89. The van der Waals surface area contributed by atoms with Crippen LogP contribution in [0.1, 0.15) is 27.1 Å². The summed E-state index contributed by atoms with van der Waals surface area (Å²) in [5, 5.41) is 11.8. The Balaban J connectivity index is 1.44. The van der Waals surface area contributed by atoms with Gasteiger partial charge in [-0.2, -0.15) is 0 Å². The Morgan fingerprint density at radius 1 is 1.06 bits per heavy atom. The molecule has 0 aromatic heterocycles. The zero-order chi connectivity index (χ0) is 25.5. The average Bonchev–Trinajstić information content (AvgIpc) is 3.21. The van der Waals surface area contributed by atoms with Crippen molar-refractivity contribution in [2.24, 2.45) is 5.92 Å². The van der Waals surface area contributed by atoms with Gasteiger partial charge in [0.15, 0.2) is 6.61 Å². The molecule has 0 spiro atoms. The maximum atomic E-state index is 12.3. The molecule has 2 aromatic rings. The number of hydrazine groups is 2. The molecule has 3 rings (SSSR count). The minimum atomic E-state index is -0.940. The van der Waals surface area contributed by atoms with Crippen LogP contribution in [0.15, 0.2) is 48.5 Å². The molecular formula is C21H18ClN5O8. The fourth-order valence-corrected chi connectivity index (χ4v) is 3.25. The molecule has 0 radical (unpaired) electrons. The van der Waals surface area contributed by atoms with Gasteiger partial charge in [-0.3, -0.25) is 55.4 Å². The number of hydrogen-bond acceptors (Lipinski definition) is 8. The van der Waals surface area contributed by atoms with Crippen LogP contribution in [-0.2, 0) is 19.1 Å². The predicted octanol–water partition coefficient (Wildman–Crippen LogP) is 0.746. The number of benzene rings is 2. The minimum absolute atomic E-state index is 0.0740. The fraction of sp³-hybridized carbons (Fsp3) is 0.190. The molecule has 13 nitrogen and oxygen atoms in total. The van der Waals surface area contributed by atoms with Crippen molar-refractivity contribution in [1.29, 1.82) is 0 Å². The summed E-state index contributed by atoms with van der Waals surface area (Å²) in [7, 11) is 0. The van der Waals surface area contributed by atoms with Gasteiger partial charge >= 0.3 is 5.97 Å². The SMILES string of the molecule is O=C(COC(=O)[C@H]1CC(=O)N(NC(=O)c2ccc([N+](=O)[O-])cc2)C1)NNC(=O)c1ccccc1Cl. The van der Waals surface area contributed by atoms with Gasteiger partial charge in [0, 0.05) is 24.1 Å². The molecule has 14 heteroatoms. The van der Waals surface area contributed by atoms with Crippen LogP contribution in [0.2, 0.25) is 5.02 Å². The Bertz CT molecular complexity index is 1190. The van der Waals surface area contributed by atoms with E-state index >= 15 is 0 Å². The Morgan fingerprint density at radius 2 is 1.74 bits per heavy atom. The molecule has 0 aliphatic carbocycles. The molecule has 35 heavy (non-hydrogen) atoms. The van der Waals surface area contributed by atoms with E-state index in [4.69, 9.17) is 16.3 Å². The van der Waals surface area contributed by atoms with Crippen molar-refractivity contribution >= 4 is 46.9 Å². The van der Waals surface area contributed by atoms with E-state index in [0.717, 1.165) is 17.1 Å². The highest BCUT2D eigenvalue weighted by Crippen LogP contribution is 2.18. The summed E-state index contributed by atoms with van der Waals surface area (Å²) in [4.78, 5) is 70.6. The number of non-ortho nitro benzene ring substituents is 1. The highest BCUT2D eigenvalue weighted by atomic mass is 35.5. The second-order valence-electron chi connectivity index (χ2n) is 7.24. The Kier molecular flexibility index (Phi) is 7.94. The number of nitrogens with one attached hydrogen (secondary N) is 3. The molecule has 3 N–H and O–H groups in total. The first-order valence-electron chi connectivity index (χ1n) is 10.0. The molecule has 1 heterocycles. The van der Waals surface area contributed by atoms with E-state index in [0.29, 0.717) is 0 Å². The highest BCUT2D eigenvalue weighted by Gasteiger charge is 2.36. The van der Waals surface area contributed by atoms with Gasteiger partial charge in [-0.05, 0) is 24.3 Å². The smallest absolute Gasteiger partial charge is 0.311 e. The number of nitro groups is 1. The number of carbonyl (C=O) groups is 5. The number of carbonyl (C=O) groups excluding carboxylic acids is 5. The quantitative estimate of drug-likeness (QED) is 0.281. The third kappa shape index (κ3) is 6.51. The normalized spacial score (nSPS) is 14.7. The number of halogens is 1. The second kappa shape index (κ2) is 11.1. The lowest BCUT2D eigenvalue weighted by atomic mass is 10.1. The van der Waals surface area contributed by atoms with Gasteiger partial charge in [0.1, 0.15) is 0 Å². The van der Waals surface area contributed by atoms with Crippen LogP contribution in [0.5, 0.6) is 0 Å². The Labute approximate surface area is 202 Å². The second-order valence-corrected chi connectivity index (χ2v) is 7.65. The van der Waals surface area contributed by atoms with Crippen molar-refractivity contribution in [3.63, 3.8) is 0 Å². The van der Waals surface area contributed by atoms with Crippen molar-refractivity contribution in [3.8, 4) is 0 Å². The Morgan fingerprint density at radius 3 is 2.40 bits per heavy atom. The van der Waals surface area contributed by atoms with E-state index in [1.165, 1.54) is 24.3 Å². The van der Waals surface area contributed by atoms with Gasteiger partial charge in [-0.25, -0.2) is 0 Å². The molecule has 2 aromatic carbocycles. The van der Waals surface area contributed by atoms with Crippen molar-refractivity contribution in [2.75, 3.05) is 13.2 Å². The van der Waals surface area contributed by atoms with Gasteiger partial charge in [0.2, 0.25) is 5.91 Å². The van der Waals surface area contributed by atoms with Gasteiger partial charge in [0.05, 0.1) is 28.0 Å². The molecule has 0 saturated carbocycles. The van der Waals surface area contributed by atoms with Crippen LogP contribution in [0.4, 0.5) is 5.69 Å². The first-order chi connectivity index (χ1) is 16.7. The average molecular weight is 504 g/mol. The molecule has 1 aliphatic rings. The molecule has 0 unspecified atom stereocenters. The van der Waals surface area contributed by atoms with Crippen molar-refractivity contribution < 1.29 is 33.6 Å². The summed E-state index contributed by atoms with van der Waals surface area (Å²) in [6.07, 6.45) is -0.260. The Hall–Kier alpha value is -4.52. The number of amides is 4. The minimum Gasteiger partial charge on any atom is -0.455 e. The van der Waals surface area contributed by atoms with E-state index in [9.17, 15) is 34.1 Å². The molecular weight excluding hydrogens is 486 g/mol. The molecule has 1 atom stereocenters. The van der Waals surface area contributed by atoms with E-state index in [1.807, 2.05) is 0 Å². The fourth-order valence-electron chi connectivity index (χ4n) is 3.03. The van der Waals surface area contributed by atoms with Crippen LogP contribution >= 0.6 is 11.6 Å². The first-order valence-corrected chi connectivity index (χ1v) is 10.4. The van der Waals surface area contributed by atoms with Gasteiger partial charge in [0.25, 0.3) is 23.4 Å². The third-order valence-electron chi connectivity index (χ3n) is 4.81. The van der Waals surface area contributed by atoms with Crippen molar-refractivity contribution in [1.82, 2.24) is 21.3 Å². The largest absolute Gasteiger partial charge is 0.455 e. The number of esters is 1. The van der Waals surface area contributed by atoms with Gasteiger partial charge < -0.3 is 4.74 Å². The van der Waals surface area contributed by atoms with E-state index in [2.05, 4.69) is 16.3 Å². The molecule has 182 valence electrons. The van der Waals surface area contributed by atoms with E-state index in [1.54, 1.807) is 12.1 Å². The molecule has 1 fully saturated rings. The number of rotatable bonds is 7. The standard InChI is InChI=1S/C21H18ClN5O8/c22-16-4-2-1-3-15(16)20(31)24-23-17(28)11-35-21(32)13-9-18(29)26(10-13)25-19(30)12-5-7-14(8-6-12)27(33)34/h1-8,13H,9-11H2,(H,23,28)(H,24,31)(H,25,30)/t13-/m0/s1. The summed E-state index contributed by atoms with van der Waals surface area (Å²) in [5.74, 6) is -4.54. The molecule has 0 bridgehead atoms. The van der Waals surface area contributed by atoms with Crippen LogP contribution in [-0.4, -0.2) is 52.7 Å². The lowest BCUT2D eigenvalue weighted by Gasteiger charge is -2.17. The van der Waals surface area contributed by atoms with Crippen LogP contribution in [0.25, 0.3) is 0 Å². The van der Waals surface area contributed by atoms with E-state index in [-0.39, 0.29) is 34.8 Å². The molecule has 1 aliphatic heterocycles. The summed E-state index contributed by atoms with van der Waals surface area (Å²) in [6, 6.07) is 10.9. The van der Waals surface area contributed by atoms with E-state index < -0.39 is 47.0 Å². The number of hydrogen-bond donors (Lipinski definition) is 3. The number of nitro benzene ring substituents is 1. The lowest BCUT2D eigenvalue weighted by Crippen LogP contribution is -2.44. The summed E-state index contributed by atoms with van der Waals surface area (Å²) in [6.45, 7) is -0.914. The zero-order valence-corrected chi connectivity index (χ0v) is 18.6. The topological polar surface area (TPSA) is 177 Å². The van der Waals surface area contributed by atoms with Gasteiger partial charge in [-0.15, -0.1) is 0 Å². The molecule has 4 amide bonds. The van der Waals surface area contributed by atoms with Crippen molar-refractivity contribution in [2.45, 2.75) is 6.42 Å². The molecule has 1 saturated heterocycles. The van der Waals surface area contributed by atoms with Gasteiger partial charge in [-0.1, -0.05) is 23.7 Å². The number of nitrogens with zero attached hydrogens (tertiary/aromatic N) is 2. The maximum Gasteiger partial charge on any atom is 0.311 e. The lowest BCUT2D eigenvalue weighted by molar-refractivity contribution is -0.384. The maximum absolute atomic E-state index is 12.3. The highest BCUT2D eigenvalue weighted by molar-refractivity contribution is 6.33. The van der Waals surface area contributed by atoms with Crippen LogP contribution in [0, 0.1) is 16.0 Å². The summed E-state index contributed by atoms with van der Waals surface area (Å²) < 4.78 is 4.89.